The third-order valence-electron chi connectivity index (χ3n) is 14.9. The molecule has 1 aliphatic heterocycles. The molecule has 4 saturated carbocycles. The largest absolute Gasteiger partial charge is 0.481 e. The molecule has 45 heavy (non-hydrogen) atoms. The molecule has 6 aliphatic rings. The fourth-order valence-electron chi connectivity index (χ4n) is 14.1. The lowest BCUT2D eigenvalue weighted by Gasteiger charge is -2.72. The minimum Gasteiger partial charge on any atom is -0.481 e. The first-order valence-corrected chi connectivity index (χ1v) is 17.8. The molecular weight excluding hydrogens is 572 g/mol. The number of allylic oxidation sites excluding steroid dienone is 2. The number of aliphatic carboxylic acids is 1. The number of carboxylic acids is 1. The normalized spacial score (nSPS) is 57.4. The number of ether oxygens (including phenoxy) is 2. The molecule has 1 heterocycles. The van der Waals surface area contributed by atoms with E-state index in [0.29, 0.717) is 37.0 Å². The smallest absolute Gasteiger partial charge is 0.310 e. The molecule has 18 unspecified atom stereocenters. The third kappa shape index (κ3) is 4.62. The Morgan fingerprint density at radius 3 is 2.13 bits per heavy atom. The van der Waals surface area contributed by atoms with Crippen LogP contribution in [-0.4, -0.2) is 74.4 Å². The highest BCUT2D eigenvalue weighted by Crippen LogP contribution is 2.74. The maximum atomic E-state index is 13.1. The quantitative estimate of drug-likeness (QED) is 0.216. The second kappa shape index (κ2) is 11.0. The number of rotatable bonds is 3. The lowest BCUT2D eigenvalue weighted by molar-refractivity contribution is -0.327. The van der Waals surface area contributed by atoms with E-state index < -0.39 is 48.2 Å². The van der Waals surface area contributed by atoms with E-state index >= 15 is 0 Å². The fraction of sp³-hybridized carbons (Fsp3) is 0.919. The van der Waals surface area contributed by atoms with E-state index in [2.05, 4.69) is 61.5 Å². The molecule has 8 nitrogen and oxygen atoms in total. The van der Waals surface area contributed by atoms with Gasteiger partial charge in [-0.05, 0) is 103 Å². The molecule has 256 valence electrons. The zero-order chi connectivity index (χ0) is 33.2. The average molecular weight is 633 g/mol. The highest BCUT2D eigenvalue weighted by atomic mass is 16.7. The van der Waals surface area contributed by atoms with Gasteiger partial charge in [-0.2, -0.15) is 0 Å². The van der Waals surface area contributed by atoms with E-state index in [4.69, 9.17) is 9.47 Å². The molecule has 8 heteroatoms. The maximum Gasteiger partial charge on any atom is 0.310 e. The summed E-state index contributed by atoms with van der Waals surface area (Å²) in [5, 5.41) is 53.2. The van der Waals surface area contributed by atoms with Crippen LogP contribution in [0.15, 0.2) is 11.6 Å². The molecule has 5 fully saturated rings. The summed E-state index contributed by atoms with van der Waals surface area (Å²) in [5.41, 5.74) is 0.259. The second-order valence-electron chi connectivity index (χ2n) is 17.9. The van der Waals surface area contributed by atoms with Crippen molar-refractivity contribution >= 4 is 5.97 Å². The van der Waals surface area contributed by atoms with Gasteiger partial charge in [0.2, 0.25) is 0 Å². The molecule has 0 amide bonds. The number of carboxylic acid groups (broad SMARTS) is 1. The van der Waals surface area contributed by atoms with Crippen LogP contribution < -0.4 is 0 Å². The molecule has 0 aromatic heterocycles. The van der Waals surface area contributed by atoms with Crippen LogP contribution in [0.25, 0.3) is 0 Å². The highest BCUT2D eigenvalue weighted by molar-refractivity contribution is 5.76. The maximum absolute atomic E-state index is 13.1. The van der Waals surface area contributed by atoms with Crippen molar-refractivity contribution in [3.8, 4) is 0 Å². The minimum atomic E-state index is -1.32. The Hall–Kier alpha value is -1.03. The first-order chi connectivity index (χ1) is 20.8. The zero-order valence-corrected chi connectivity index (χ0v) is 28.9. The van der Waals surface area contributed by atoms with Crippen LogP contribution in [0.1, 0.15) is 101 Å². The standard InChI is InChI=1S/C37H60O8/c1-17-14-22-25(18(2)16-37(33(42)43)13-10-23(38)20(4)26(22)37)36(9)15-19(3)30-34(6,7)24(11-12-35(30,8)31(17)36)45-32-29(41)28(40)27(39)21(5)44-32/h14,17-21,23-32,38-41H,10-13,15-16H2,1-9H3,(H,42,43). The number of aliphatic hydroxyl groups excluding tert-OH is 4. The van der Waals surface area contributed by atoms with Crippen molar-refractivity contribution in [1.29, 1.82) is 0 Å². The number of carbonyl (C=O) groups is 1. The van der Waals surface area contributed by atoms with Crippen LogP contribution in [0.4, 0.5) is 0 Å². The number of fused-ring (bicyclic) bond motifs is 7. The highest BCUT2D eigenvalue weighted by Gasteiger charge is 2.70. The number of aliphatic hydroxyl groups is 4. The topological polar surface area (TPSA) is 137 Å². The van der Waals surface area contributed by atoms with Crippen molar-refractivity contribution < 1.29 is 39.8 Å². The summed E-state index contributed by atoms with van der Waals surface area (Å²) in [6.45, 7) is 20.4. The molecule has 5 N–H and O–H groups in total. The van der Waals surface area contributed by atoms with Crippen molar-refractivity contribution in [2.24, 2.45) is 69.0 Å². The predicted molar refractivity (Wildman–Crippen MR) is 170 cm³/mol. The lowest BCUT2D eigenvalue weighted by Crippen LogP contribution is -2.67. The number of hydrogen-bond donors (Lipinski definition) is 5. The molecular formula is C37H60O8. The van der Waals surface area contributed by atoms with Crippen molar-refractivity contribution in [3.63, 3.8) is 0 Å². The van der Waals surface area contributed by atoms with E-state index in [1.165, 1.54) is 5.57 Å². The zero-order valence-electron chi connectivity index (χ0n) is 28.9. The molecule has 0 spiro atoms. The van der Waals surface area contributed by atoms with E-state index in [1.54, 1.807) is 6.92 Å². The molecule has 0 aromatic rings. The van der Waals surface area contributed by atoms with Crippen LogP contribution in [0.3, 0.4) is 0 Å². The van der Waals surface area contributed by atoms with Crippen molar-refractivity contribution in [2.75, 3.05) is 0 Å². The Kier molecular flexibility index (Phi) is 8.27. The molecule has 1 saturated heterocycles. The van der Waals surface area contributed by atoms with Gasteiger partial charge >= 0.3 is 5.97 Å². The minimum absolute atomic E-state index is 0.00497. The van der Waals surface area contributed by atoms with E-state index in [0.717, 1.165) is 19.3 Å². The van der Waals surface area contributed by atoms with Crippen molar-refractivity contribution in [1.82, 2.24) is 0 Å². The predicted octanol–water partition coefficient (Wildman–Crippen LogP) is 5.01. The first kappa shape index (κ1) is 33.9. The molecule has 18 atom stereocenters. The summed E-state index contributed by atoms with van der Waals surface area (Å²) < 4.78 is 12.5. The molecule has 5 aliphatic carbocycles. The van der Waals surface area contributed by atoms with Gasteiger partial charge in [-0.25, -0.2) is 0 Å². The Balaban J connectivity index is 1.36. The van der Waals surface area contributed by atoms with Crippen molar-refractivity contribution in [3.05, 3.63) is 11.6 Å². The van der Waals surface area contributed by atoms with Crippen LogP contribution in [-0.2, 0) is 14.3 Å². The Morgan fingerprint density at radius 1 is 0.822 bits per heavy atom. The molecule has 6 rings (SSSR count). The number of hydrogen-bond acceptors (Lipinski definition) is 7. The Morgan fingerprint density at radius 2 is 1.49 bits per heavy atom. The van der Waals surface area contributed by atoms with Crippen LogP contribution in [0.2, 0.25) is 0 Å². The summed E-state index contributed by atoms with van der Waals surface area (Å²) in [6.07, 6.45) is 0.946. The van der Waals surface area contributed by atoms with E-state index in [9.17, 15) is 30.3 Å². The lowest BCUT2D eigenvalue weighted by atomic mass is 9.33. The van der Waals surface area contributed by atoms with Gasteiger partial charge in [0.15, 0.2) is 6.29 Å². The molecule has 0 radical (unpaired) electrons. The van der Waals surface area contributed by atoms with Gasteiger partial charge < -0.3 is 35.0 Å². The Labute approximate surface area is 270 Å². The third-order valence-corrected chi connectivity index (χ3v) is 14.9. The van der Waals surface area contributed by atoms with Gasteiger partial charge in [0.25, 0.3) is 0 Å². The van der Waals surface area contributed by atoms with Gasteiger partial charge in [-0.3, -0.25) is 4.79 Å². The summed E-state index contributed by atoms with van der Waals surface area (Å²) >= 11 is 0. The SMILES string of the molecule is CC1C=C2C3C(C)C(O)CCC3(C(=O)O)CC(C)C2C2(C)CC(C)C3C(C)(C)C(OC4OC(C)C(O)C(O)C4O)CCC3(C)C12. The summed E-state index contributed by atoms with van der Waals surface area (Å²) in [7, 11) is 0. The monoisotopic (exact) mass is 632 g/mol. The van der Waals surface area contributed by atoms with Gasteiger partial charge in [-0.1, -0.05) is 67.0 Å². The van der Waals surface area contributed by atoms with E-state index in [-0.39, 0.29) is 51.9 Å². The average Bonchev–Trinajstić information content (AvgIpc) is 2.92. The summed E-state index contributed by atoms with van der Waals surface area (Å²) in [6, 6.07) is 0. The van der Waals surface area contributed by atoms with Gasteiger partial charge in [0.05, 0.1) is 23.7 Å². The van der Waals surface area contributed by atoms with Gasteiger partial charge in [0.1, 0.15) is 18.3 Å². The summed E-state index contributed by atoms with van der Waals surface area (Å²) in [5.74, 6) is 0.974. The van der Waals surface area contributed by atoms with E-state index in [1.807, 2.05) is 0 Å². The summed E-state index contributed by atoms with van der Waals surface area (Å²) in [4.78, 5) is 13.1. The van der Waals surface area contributed by atoms with Crippen LogP contribution in [0, 0.1) is 69.0 Å². The van der Waals surface area contributed by atoms with Crippen LogP contribution in [0.5, 0.6) is 0 Å². The second-order valence-corrected chi connectivity index (χ2v) is 17.9. The molecule has 0 aromatic carbocycles. The van der Waals surface area contributed by atoms with Crippen molar-refractivity contribution in [2.45, 2.75) is 144 Å². The van der Waals surface area contributed by atoms with Gasteiger partial charge in [-0.15, -0.1) is 0 Å². The fourth-order valence-corrected chi connectivity index (χ4v) is 14.1. The molecule has 0 bridgehead atoms. The van der Waals surface area contributed by atoms with Gasteiger partial charge in [0, 0.05) is 5.92 Å². The van der Waals surface area contributed by atoms with Crippen LogP contribution >= 0.6 is 0 Å². The Bertz CT molecular complexity index is 1200. The first-order valence-electron chi connectivity index (χ1n) is 17.8.